The molecule has 0 spiro atoms. The topological polar surface area (TPSA) is 129 Å². The Hall–Kier alpha value is -4.23. The van der Waals surface area contributed by atoms with E-state index in [1.54, 1.807) is 36.4 Å². The van der Waals surface area contributed by atoms with Crippen molar-refractivity contribution in [2.24, 2.45) is 5.41 Å². The number of nitriles is 1. The maximum Gasteiger partial charge on any atom is 0.338 e. The van der Waals surface area contributed by atoms with Crippen molar-refractivity contribution < 1.29 is 27.4 Å². The van der Waals surface area contributed by atoms with Gasteiger partial charge in [-0.1, -0.05) is 58.4 Å². The first-order valence-electron chi connectivity index (χ1n) is 14.2. The van der Waals surface area contributed by atoms with Crippen molar-refractivity contribution in [3.63, 3.8) is 0 Å². The first-order chi connectivity index (χ1) is 20.3. The number of sulfonamides is 1. The molecule has 2 N–H and O–H groups in total. The minimum absolute atomic E-state index is 0.0449. The number of anilines is 1. The monoisotopic (exact) mass is 605 g/mol. The van der Waals surface area contributed by atoms with Gasteiger partial charge in [-0.25, -0.2) is 14.2 Å². The number of aliphatic hydroxyl groups is 1. The van der Waals surface area contributed by atoms with Gasteiger partial charge < -0.3 is 9.84 Å². The van der Waals surface area contributed by atoms with Crippen molar-refractivity contribution in [2.45, 2.75) is 76.3 Å². The van der Waals surface area contributed by atoms with E-state index in [0.29, 0.717) is 24.8 Å². The highest BCUT2D eigenvalue weighted by molar-refractivity contribution is 7.92. The molecule has 0 bridgehead atoms. The molecule has 1 aliphatic rings. The molecule has 2 aromatic carbocycles. The van der Waals surface area contributed by atoms with Gasteiger partial charge in [-0.2, -0.15) is 13.7 Å². The van der Waals surface area contributed by atoms with Crippen molar-refractivity contribution in [2.75, 3.05) is 4.72 Å². The maximum absolute atomic E-state index is 13.7. The van der Waals surface area contributed by atoms with Crippen LogP contribution in [-0.2, 0) is 26.0 Å². The van der Waals surface area contributed by atoms with Crippen molar-refractivity contribution in [1.29, 1.82) is 5.26 Å². The highest BCUT2D eigenvalue weighted by atomic mass is 32.2. The molecule has 0 saturated carbocycles. The van der Waals surface area contributed by atoms with Crippen molar-refractivity contribution >= 4 is 21.7 Å². The lowest BCUT2D eigenvalue weighted by molar-refractivity contribution is -0.161. The molecule has 2 heterocycles. The molecule has 0 fully saturated rings. The summed E-state index contributed by atoms with van der Waals surface area (Å²) in [5.41, 5.74) is 0.699. The van der Waals surface area contributed by atoms with E-state index in [4.69, 9.17) is 10.00 Å². The predicted molar refractivity (Wildman–Crippen MR) is 161 cm³/mol. The minimum atomic E-state index is -4.06. The Morgan fingerprint density at radius 3 is 2.44 bits per heavy atom. The van der Waals surface area contributed by atoms with Gasteiger partial charge in [-0.3, -0.25) is 4.72 Å². The maximum atomic E-state index is 13.7. The van der Waals surface area contributed by atoms with Gasteiger partial charge in [0.25, 0.3) is 10.0 Å². The number of benzene rings is 2. The number of esters is 1. The van der Waals surface area contributed by atoms with Crippen LogP contribution in [0.5, 0.6) is 0 Å². The van der Waals surface area contributed by atoms with E-state index < -0.39 is 32.9 Å². The molecule has 0 aliphatic carbocycles. The van der Waals surface area contributed by atoms with E-state index >= 15 is 0 Å². The zero-order chi connectivity index (χ0) is 31.4. The molecule has 1 aliphatic heterocycles. The molecular weight excluding hydrogens is 569 g/mol. The Morgan fingerprint density at radius 1 is 1.14 bits per heavy atom. The van der Waals surface area contributed by atoms with Crippen LogP contribution in [0.4, 0.5) is 10.1 Å². The van der Waals surface area contributed by atoms with E-state index in [2.05, 4.69) is 9.71 Å². The second kappa shape index (κ2) is 12.6. The minimum Gasteiger partial charge on any atom is -0.512 e. The zero-order valence-corrected chi connectivity index (χ0v) is 25.5. The summed E-state index contributed by atoms with van der Waals surface area (Å²) in [6, 6.07) is 17.4. The number of hydrogen-bond donors (Lipinski definition) is 2. The van der Waals surface area contributed by atoms with Crippen molar-refractivity contribution in [1.82, 2.24) is 4.98 Å². The normalized spacial score (nSPS) is 18.1. The summed E-state index contributed by atoms with van der Waals surface area (Å²) in [5.74, 6) is -1.59. The average Bonchev–Trinajstić information content (AvgIpc) is 2.94. The number of rotatable bonds is 10. The molecule has 1 aromatic heterocycles. The first kappa shape index (κ1) is 31.7. The number of ether oxygens (including phenoxy) is 1. The number of pyridine rings is 1. The van der Waals surface area contributed by atoms with E-state index in [1.807, 2.05) is 33.8 Å². The van der Waals surface area contributed by atoms with Crippen molar-refractivity contribution in [3.8, 4) is 6.07 Å². The third-order valence-corrected chi connectivity index (χ3v) is 8.88. The highest BCUT2D eigenvalue weighted by Gasteiger charge is 2.46. The van der Waals surface area contributed by atoms with Crippen LogP contribution in [0.1, 0.15) is 76.0 Å². The molecule has 0 saturated heterocycles. The number of halogens is 1. The second-order valence-electron chi connectivity index (χ2n) is 12.0. The Kier molecular flexibility index (Phi) is 9.26. The molecule has 0 unspecified atom stereocenters. The Labute approximate surface area is 252 Å². The van der Waals surface area contributed by atoms with Gasteiger partial charge in [0.15, 0.2) is 5.03 Å². The van der Waals surface area contributed by atoms with E-state index in [0.717, 1.165) is 12.0 Å². The molecule has 3 aromatic rings. The van der Waals surface area contributed by atoms with Gasteiger partial charge in [-0.05, 0) is 72.2 Å². The summed E-state index contributed by atoms with van der Waals surface area (Å²) in [4.78, 5) is 17.6. The van der Waals surface area contributed by atoms with Crippen LogP contribution >= 0.6 is 0 Å². The van der Waals surface area contributed by atoms with Crippen LogP contribution in [0.2, 0.25) is 0 Å². The van der Waals surface area contributed by atoms with E-state index in [1.165, 1.54) is 30.5 Å². The van der Waals surface area contributed by atoms with Crippen LogP contribution in [-0.4, -0.2) is 30.1 Å². The summed E-state index contributed by atoms with van der Waals surface area (Å²) in [7, 11) is -4.06. The largest absolute Gasteiger partial charge is 0.512 e. The molecule has 8 nitrogen and oxygen atoms in total. The Bertz CT molecular complexity index is 1660. The lowest BCUT2D eigenvalue weighted by Gasteiger charge is -2.41. The quantitative estimate of drug-likeness (QED) is 0.239. The Morgan fingerprint density at radius 2 is 1.86 bits per heavy atom. The summed E-state index contributed by atoms with van der Waals surface area (Å²) in [5, 5.41) is 20.2. The SMILES string of the molecule is CCC[C@]1(CCc2ccc(F)cc2)CC(O)=C([C@H](c2cccc(NS(=O)(=O)c3ccc(C#N)cn3)c2)C(C)(C)C)C(=O)O1. The predicted octanol–water partition coefficient (Wildman–Crippen LogP) is 6.95. The lowest BCUT2D eigenvalue weighted by Crippen LogP contribution is -2.43. The fourth-order valence-electron chi connectivity index (χ4n) is 5.67. The van der Waals surface area contributed by atoms with Crippen molar-refractivity contribution in [3.05, 3.63) is 101 Å². The highest BCUT2D eigenvalue weighted by Crippen LogP contribution is 2.47. The van der Waals surface area contributed by atoms with Crippen LogP contribution in [0.3, 0.4) is 0 Å². The standard InChI is InChI=1S/C33H36FN3O5S/c1-5-16-33(17-15-22-9-12-25(34)13-10-22)19-27(38)29(31(39)42-33)30(32(2,3)4)24-7-6-8-26(18-24)37-43(40,41)28-14-11-23(20-35)21-36-28/h6-14,18,21,30,37-38H,5,15-17,19H2,1-4H3/t30-,33-/m0/s1. The summed E-state index contributed by atoms with van der Waals surface area (Å²) >= 11 is 0. The van der Waals surface area contributed by atoms with Crippen LogP contribution in [0.15, 0.2) is 83.2 Å². The number of aliphatic hydroxyl groups excluding tert-OH is 1. The van der Waals surface area contributed by atoms with Gasteiger partial charge in [0.1, 0.15) is 23.2 Å². The van der Waals surface area contributed by atoms with E-state index in [9.17, 15) is 22.7 Å². The molecule has 0 radical (unpaired) electrons. The number of carbonyl (C=O) groups is 1. The average molecular weight is 606 g/mol. The third kappa shape index (κ3) is 7.41. The molecule has 10 heteroatoms. The molecule has 2 atom stereocenters. The first-order valence-corrected chi connectivity index (χ1v) is 15.6. The number of nitrogens with one attached hydrogen (secondary N) is 1. The summed E-state index contributed by atoms with van der Waals surface area (Å²) < 4.78 is 48.1. The third-order valence-electron chi connectivity index (χ3n) is 7.59. The molecular formula is C33H36FN3O5S. The zero-order valence-electron chi connectivity index (χ0n) is 24.7. The lowest BCUT2D eigenvalue weighted by atomic mass is 9.70. The number of aryl methyl sites for hydroxylation is 1. The number of cyclic esters (lactones) is 1. The number of carbonyl (C=O) groups excluding carboxylic acids is 1. The summed E-state index contributed by atoms with van der Waals surface area (Å²) in [6.45, 7) is 7.79. The second-order valence-corrected chi connectivity index (χ2v) is 13.6. The molecule has 4 rings (SSSR count). The van der Waals surface area contributed by atoms with Gasteiger partial charge >= 0.3 is 5.97 Å². The smallest absolute Gasteiger partial charge is 0.338 e. The molecule has 43 heavy (non-hydrogen) atoms. The molecule has 0 amide bonds. The van der Waals surface area contributed by atoms with Gasteiger partial charge in [0, 0.05) is 24.2 Å². The molecule has 226 valence electrons. The van der Waals surface area contributed by atoms with Gasteiger partial charge in [-0.15, -0.1) is 0 Å². The van der Waals surface area contributed by atoms with E-state index in [-0.39, 0.29) is 39.8 Å². The van der Waals surface area contributed by atoms with Crippen LogP contribution in [0, 0.1) is 22.6 Å². The number of aromatic nitrogens is 1. The fourth-order valence-corrected chi connectivity index (χ4v) is 6.65. The van der Waals surface area contributed by atoms with Gasteiger partial charge in [0.2, 0.25) is 0 Å². The van der Waals surface area contributed by atoms with Crippen LogP contribution < -0.4 is 4.72 Å². The fraction of sp³-hybridized carbons (Fsp3) is 0.364. The number of hydrogen-bond acceptors (Lipinski definition) is 7. The number of nitrogens with zero attached hydrogens (tertiary/aromatic N) is 2. The Balaban J connectivity index is 1.65. The summed E-state index contributed by atoms with van der Waals surface area (Å²) in [6.07, 6.45) is 3.64. The van der Waals surface area contributed by atoms with Crippen LogP contribution in [0.25, 0.3) is 0 Å². The van der Waals surface area contributed by atoms with Gasteiger partial charge in [0.05, 0.1) is 11.1 Å².